The Labute approximate surface area is 105 Å². The summed E-state index contributed by atoms with van der Waals surface area (Å²) >= 11 is 0. The fourth-order valence-corrected chi connectivity index (χ4v) is 1.71. The van der Waals surface area contributed by atoms with Crippen LogP contribution in [0.5, 0.6) is 0 Å². The van der Waals surface area contributed by atoms with Crippen molar-refractivity contribution < 1.29 is 9.53 Å². The third-order valence-corrected chi connectivity index (χ3v) is 2.50. The van der Waals surface area contributed by atoms with E-state index >= 15 is 0 Å². The van der Waals surface area contributed by atoms with Crippen molar-refractivity contribution in [3.05, 3.63) is 41.3 Å². The third kappa shape index (κ3) is 2.25. The highest BCUT2D eigenvalue weighted by molar-refractivity contribution is 5.88. The number of rotatable bonds is 3. The zero-order valence-corrected chi connectivity index (χ0v) is 10.7. The molecule has 2 heterocycles. The van der Waals surface area contributed by atoms with Crippen molar-refractivity contribution in [3.63, 3.8) is 0 Å². The first-order valence-electron chi connectivity index (χ1n) is 5.79. The van der Waals surface area contributed by atoms with E-state index in [1.165, 1.54) is 4.68 Å². The second-order valence-electron chi connectivity index (χ2n) is 3.95. The number of pyridine rings is 1. The number of esters is 1. The Hall–Kier alpha value is -2.17. The lowest BCUT2D eigenvalue weighted by atomic mass is 10.3. The normalized spacial score (nSPS) is 10.4. The van der Waals surface area contributed by atoms with Gasteiger partial charge in [-0.25, -0.2) is 14.5 Å². The van der Waals surface area contributed by atoms with Gasteiger partial charge in [0.1, 0.15) is 0 Å². The van der Waals surface area contributed by atoms with Crippen LogP contribution in [0, 0.1) is 13.8 Å². The maximum Gasteiger partial charge on any atom is 0.357 e. The largest absolute Gasteiger partial charge is 0.461 e. The molecule has 0 aliphatic heterocycles. The predicted octanol–water partition coefficient (Wildman–Crippen LogP) is 2.06. The molecular formula is C13H15N3O2. The van der Waals surface area contributed by atoms with Crippen LogP contribution in [0.4, 0.5) is 0 Å². The second-order valence-corrected chi connectivity index (χ2v) is 3.95. The molecule has 0 aliphatic carbocycles. The van der Waals surface area contributed by atoms with E-state index in [2.05, 4.69) is 10.1 Å². The van der Waals surface area contributed by atoms with E-state index in [1.54, 1.807) is 19.2 Å². The van der Waals surface area contributed by atoms with Crippen molar-refractivity contribution in [2.45, 2.75) is 20.8 Å². The summed E-state index contributed by atoms with van der Waals surface area (Å²) < 4.78 is 6.55. The van der Waals surface area contributed by atoms with Crippen molar-refractivity contribution in [2.75, 3.05) is 6.61 Å². The average Bonchev–Trinajstić information content (AvgIpc) is 2.72. The van der Waals surface area contributed by atoms with Crippen LogP contribution in [0.1, 0.15) is 28.7 Å². The van der Waals surface area contributed by atoms with Gasteiger partial charge in [-0.05, 0) is 38.5 Å². The van der Waals surface area contributed by atoms with Crippen LogP contribution in [0.25, 0.3) is 5.82 Å². The number of carbonyl (C=O) groups excluding carboxylic acids is 1. The van der Waals surface area contributed by atoms with E-state index in [0.717, 1.165) is 11.3 Å². The van der Waals surface area contributed by atoms with Crippen LogP contribution in [0.15, 0.2) is 24.4 Å². The molecule has 0 spiro atoms. The molecule has 0 aliphatic rings. The molecule has 5 heteroatoms. The summed E-state index contributed by atoms with van der Waals surface area (Å²) in [5.41, 5.74) is 2.10. The summed E-state index contributed by atoms with van der Waals surface area (Å²) in [7, 11) is 0. The number of aromatic nitrogens is 3. The van der Waals surface area contributed by atoms with E-state index in [4.69, 9.17) is 4.74 Å². The number of hydrogen-bond donors (Lipinski definition) is 0. The maximum atomic E-state index is 11.9. The van der Waals surface area contributed by atoms with Gasteiger partial charge in [0.2, 0.25) is 0 Å². The first kappa shape index (κ1) is 12.3. The molecule has 2 aromatic rings. The highest BCUT2D eigenvalue weighted by Crippen LogP contribution is 2.14. The first-order valence-corrected chi connectivity index (χ1v) is 5.79. The van der Waals surface area contributed by atoms with Gasteiger partial charge in [0.15, 0.2) is 11.5 Å². The number of carbonyl (C=O) groups is 1. The lowest BCUT2D eigenvalue weighted by Gasteiger charge is -2.07. The molecule has 18 heavy (non-hydrogen) atoms. The summed E-state index contributed by atoms with van der Waals surface area (Å²) in [5.74, 6) is 0.261. The molecule has 0 N–H and O–H groups in total. The molecule has 0 fully saturated rings. The van der Waals surface area contributed by atoms with Gasteiger partial charge in [-0.2, -0.15) is 5.10 Å². The van der Waals surface area contributed by atoms with Gasteiger partial charge in [0.25, 0.3) is 0 Å². The third-order valence-electron chi connectivity index (χ3n) is 2.50. The first-order chi connectivity index (χ1) is 8.63. The smallest absolute Gasteiger partial charge is 0.357 e. The summed E-state index contributed by atoms with van der Waals surface area (Å²) in [5, 5.41) is 4.30. The fraction of sp³-hybridized carbons (Fsp3) is 0.308. The van der Waals surface area contributed by atoms with E-state index in [-0.39, 0.29) is 5.97 Å². The van der Waals surface area contributed by atoms with E-state index in [9.17, 15) is 4.79 Å². The number of nitrogens with zero attached hydrogens (tertiary/aromatic N) is 3. The summed E-state index contributed by atoms with van der Waals surface area (Å²) in [6.45, 7) is 5.87. The van der Waals surface area contributed by atoms with Gasteiger partial charge < -0.3 is 4.74 Å². The van der Waals surface area contributed by atoms with Gasteiger partial charge in [-0.3, -0.25) is 0 Å². The number of ether oxygens (including phenoxy) is 1. The van der Waals surface area contributed by atoms with Crippen LogP contribution in [-0.2, 0) is 4.74 Å². The van der Waals surface area contributed by atoms with Crippen molar-refractivity contribution in [2.24, 2.45) is 0 Å². The Morgan fingerprint density at radius 2 is 2.22 bits per heavy atom. The van der Waals surface area contributed by atoms with Gasteiger partial charge in [0, 0.05) is 6.20 Å². The zero-order chi connectivity index (χ0) is 13.1. The van der Waals surface area contributed by atoms with Crippen molar-refractivity contribution in [3.8, 4) is 5.82 Å². The van der Waals surface area contributed by atoms with Crippen LogP contribution in [0.3, 0.4) is 0 Å². The molecule has 94 valence electrons. The highest BCUT2D eigenvalue weighted by Gasteiger charge is 2.17. The van der Waals surface area contributed by atoms with Crippen molar-refractivity contribution in [1.82, 2.24) is 14.8 Å². The standard InChI is InChI=1S/C13H15N3O2/c1-4-18-13(17)11-8-10(3)15-16(11)12-9(2)6-5-7-14-12/h5-8H,4H2,1-3H3. The minimum Gasteiger partial charge on any atom is -0.461 e. The minimum atomic E-state index is -0.386. The molecule has 2 aromatic heterocycles. The maximum absolute atomic E-state index is 11.9. The molecule has 0 saturated heterocycles. The van der Waals surface area contributed by atoms with E-state index in [1.807, 2.05) is 26.0 Å². The zero-order valence-electron chi connectivity index (χ0n) is 10.7. The van der Waals surface area contributed by atoms with E-state index < -0.39 is 0 Å². The van der Waals surface area contributed by atoms with Gasteiger partial charge in [-0.1, -0.05) is 6.07 Å². The average molecular weight is 245 g/mol. The molecule has 0 aromatic carbocycles. The molecule has 0 saturated carbocycles. The van der Waals surface area contributed by atoms with Crippen LogP contribution >= 0.6 is 0 Å². The monoisotopic (exact) mass is 245 g/mol. The molecule has 0 atom stereocenters. The Morgan fingerprint density at radius 3 is 2.89 bits per heavy atom. The topological polar surface area (TPSA) is 57.0 Å². The summed E-state index contributed by atoms with van der Waals surface area (Å²) in [6.07, 6.45) is 1.67. The van der Waals surface area contributed by atoms with Crippen LogP contribution in [0.2, 0.25) is 0 Å². The Kier molecular flexibility index (Phi) is 3.41. The molecular weight excluding hydrogens is 230 g/mol. The van der Waals surface area contributed by atoms with Gasteiger partial charge >= 0.3 is 5.97 Å². The molecule has 0 unspecified atom stereocenters. The molecule has 5 nitrogen and oxygen atoms in total. The summed E-state index contributed by atoms with van der Waals surface area (Å²) in [6, 6.07) is 5.47. The van der Waals surface area contributed by atoms with Crippen LogP contribution in [-0.4, -0.2) is 27.3 Å². The van der Waals surface area contributed by atoms with Crippen LogP contribution < -0.4 is 0 Å². The van der Waals surface area contributed by atoms with Crippen molar-refractivity contribution >= 4 is 5.97 Å². The predicted molar refractivity (Wildman–Crippen MR) is 66.8 cm³/mol. The van der Waals surface area contributed by atoms with Crippen molar-refractivity contribution in [1.29, 1.82) is 0 Å². The summed E-state index contributed by atoms with van der Waals surface area (Å²) in [4.78, 5) is 16.1. The number of hydrogen-bond acceptors (Lipinski definition) is 4. The second kappa shape index (κ2) is 5.00. The number of aryl methyl sites for hydroxylation is 2. The molecule has 0 amide bonds. The molecule has 0 radical (unpaired) electrons. The van der Waals surface area contributed by atoms with E-state index in [0.29, 0.717) is 18.1 Å². The van der Waals surface area contributed by atoms with Gasteiger partial charge in [-0.15, -0.1) is 0 Å². The Balaban J connectivity index is 2.51. The lowest BCUT2D eigenvalue weighted by Crippen LogP contribution is -2.13. The van der Waals surface area contributed by atoms with Gasteiger partial charge in [0.05, 0.1) is 12.3 Å². The quantitative estimate of drug-likeness (QED) is 0.777. The fourth-order valence-electron chi connectivity index (χ4n) is 1.71. The Bertz CT molecular complexity index is 575. The minimum absolute atomic E-state index is 0.338. The molecule has 0 bridgehead atoms. The molecule has 2 rings (SSSR count). The SMILES string of the molecule is CCOC(=O)c1cc(C)nn1-c1ncccc1C. The Morgan fingerprint density at radius 1 is 1.44 bits per heavy atom. The lowest BCUT2D eigenvalue weighted by molar-refractivity contribution is 0.0515. The highest BCUT2D eigenvalue weighted by atomic mass is 16.5.